The van der Waals surface area contributed by atoms with Gasteiger partial charge in [0.1, 0.15) is 5.69 Å². The average Bonchev–Trinajstić information content (AvgIpc) is 2.70. The number of hydrogen-bond acceptors (Lipinski definition) is 4. The normalized spacial score (nSPS) is 10.8. The third-order valence-corrected chi connectivity index (χ3v) is 2.48. The molecule has 90 valence electrons. The molecule has 0 bridgehead atoms. The van der Waals surface area contributed by atoms with Crippen LogP contribution in [0, 0.1) is 5.82 Å². The summed E-state index contributed by atoms with van der Waals surface area (Å²) in [5.41, 5.74) is 6.68. The first-order chi connectivity index (χ1) is 8.11. The maximum absolute atomic E-state index is 13.8. The van der Waals surface area contributed by atoms with Crippen LogP contribution in [0.1, 0.15) is 5.56 Å². The molecule has 0 fully saturated rings. The molecular formula is C11H10ClFN2O2. The van der Waals surface area contributed by atoms with Gasteiger partial charge in [-0.3, -0.25) is 0 Å². The first-order valence-corrected chi connectivity index (χ1v) is 5.19. The van der Waals surface area contributed by atoms with Crippen molar-refractivity contribution in [2.45, 2.75) is 6.61 Å². The van der Waals surface area contributed by atoms with Crippen LogP contribution >= 0.6 is 11.6 Å². The van der Waals surface area contributed by atoms with Crippen LogP contribution in [0.25, 0.3) is 11.3 Å². The highest BCUT2D eigenvalue weighted by molar-refractivity contribution is 6.31. The molecule has 1 aromatic heterocycles. The van der Waals surface area contributed by atoms with Crippen molar-refractivity contribution in [2.75, 3.05) is 12.8 Å². The molecule has 0 aliphatic carbocycles. The number of aromatic nitrogens is 1. The van der Waals surface area contributed by atoms with Crippen LogP contribution in [0.2, 0.25) is 5.02 Å². The molecule has 0 spiro atoms. The molecule has 0 unspecified atom stereocenters. The lowest BCUT2D eigenvalue weighted by atomic mass is 10.1. The molecule has 1 aromatic carbocycles. The number of ether oxygens (including phenoxy) is 1. The quantitative estimate of drug-likeness (QED) is 0.917. The van der Waals surface area contributed by atoms with E-state index in [4.69, 9.17) is 26.6 Å². The first-order valence-electron chi connectivity index (χ1n) is 4.81. The Hall–Kier alpha value is -1.59. The average molecular weight is 257 g/mol. The zero-order valence-corrected chi connectivity index (χ0v) is 9.79. The fourth-order valence-electron chi connectivity index (χ4n) is 1.50. The van der Waals surface area contributed by atoms with E-state index in [-0.39, 0.29) is 16.5 Å². The van der Waals surface area contributed by atoms with Gasteiger partial charge < -0.3 is 15.0 Å². The highest BCUT2D eigenvalue weighted by atomic mass is 35.5. The fraction of sp³-hybridized carbons (Fsp3) is 0.182. The highest BCUT2D eigenvalue weighted by Gasteiger charge is 2.14. The summed E-state index contributed by atoms with van der Waals surface area (Å²) in [4.78, 5) is 0. The van der Waals surface area contributed by atoms with Crippen LogP contribution in [0.3, 0.4) is 0 Å². The van der Waals surface area contributed by atoms with E-state index in [1.54, 1.807) is 13.2 Å². The third kappa shape index (κ3) is 2.40. The van der Waals surface area contributed by atoms with Crippen molar-refractivity contribution in [2.24, 2.45) is 0 Å². The van der Waals surface area contributed by atoms with Gasteiger partial charge in [-0.15, -0.1) is 0 Å². The molecule has 0 aliphatic rings. The Bertz CT molecular complexity index is 542. The molecule has 17 heavy (non-hydrogen) atoms. The number of hydrogen-bond donors (Lipinski definition) is 1. The molecular weight excluding hydrogens is 247 g/mol. The second kappa shape index (κ2) is 4.73. The predicted octanol–water partition coefficient (Wildman–Crippen LogP) is 2.86. The van der Waals surface area contributed by atoms with Crippen molar-refractivity contribution < 1.29 is 13.7 Å². The molecule has 6 heteroatoms. The molecule has 2 rings (SSSR count). The Morgan fingerprint density at radius 1 is 1.47 bits per heavy atom. The Labute approximate surface area is 102 Å². The number of benzene rings is 1. The van der Waals surface area contributed by atoms with Crippen LogP contribution < -0.4 is 5.73 Å². The second-order valence-corrected chi connectivity index (χ2v) is 3.89. The minimum atomic E-state index is -0.556. The second-order valence-electron chi connectivity index (χ2n) is 3.49. The van der Waals surface area contributed by atoms with Crippen LogP contribution in [0.5, 0.6) is 0 Å². The monoisotopic (exact) mass is 256 g/mol. The molecule has 0 saturated carbocycles. The maximum Gasteiger partial charge on any atom is 0.222 e. The molecule has 2 aromatic rings. The van der Waals surface area contributed by atoms with Gasteiger partial charge in [0.2, 0.25) is 5.88 Å². The van der Waals surface area contributed by atoms with Crippen molar-refractivity contribution >= 4 is 17.5 Å². The lowest BCUT2D eigenvalue weighted by molar-refractivity contribution is 0.185. The van der Waals surface area contributed by atoms with E-state index in [1.807, 2.05) is 0 Å². The molecule has 0 aliphatic heterocycles. The summed E-state index contributed by atoms with van der Waals surface area (Å²) in [6, 6.07) is 4.54. The summed E-state index contributed by atoms with van der Waals surface area (Å²) >= 11 is 5.79. The predicted molar refractivity (Wildman–Crippen MR) is 62.0 cm³/mol. The van der Waals surface area contributed by atoms with Gasteiger partial charge in [0.15, 0.2) is 5.82 Å². The molecule has 1 heterocycles. The zero-order chi connectivity index (χ0) is 12.4. The summed E-state index contributed by atoms with van der Waals surface area (Å²) in [6.45, 7) is 0.334. The summed E-state index contributed by atoms with van der Waals surface area (Å²) in [7, 11) is 1.55. The molecule has 2 N–H and O–H groups in total. The van der Waals surface area contributed by atoms with E-state index in [0.717, 1.165) is 5.56 Å². The van der Waals surface area contributed by atoms with E-state index in [1.165, 1.54) is 12.1 Å². The van der Waals surface area contributed by atoms with E-state index < -0.39 is 5.82 Å². The molecule has 4 nitrogen and oxygen atoms in total. The van der Waals surface area contributed by atoms with Crippen molar-refractivity contribution in [3.8, 4) is 11.3 Å². The lowest BCUT2D eigenvalue weighted by Crippen LogP contribution is -1.93. The van der Waals surface area contributed by atoms with Crippen molar-refractivity contribution in [3.05, 3.63) is 34.6 Å². The fourth-order valence-corrected chi connectivity index (χ4v) is 1.74. The minimum absolute atomic E-state index is 0.0103. The number of rotatable bonds is 3. The molecule has 0 atom stereocenters. The minimum Gasteiger partial charge on any atom is -0.380 e. The summed E-state index contributed by atoms with van der Waals surface area (Å²) in [6.07, 6.45) is 0. The number of nitrogen functional groups attached to an aromatic ring is 1. The molecule has 0 amide bonds. The molecule has 0 saturated heterocycles. The summed E-state index contributed by atoms with van der Waals surface area (Å²) in [5, 5.41) is 3.66. The first kappa shape index (κ1) is 11.9. The summed E-state index contributed by atoms with van der Waals surface area (Å²) < 4.78 is 23.5. The van der Waals surface area contributed by atoms with Gasteiger partial charge in [-0.25, -0.2) is 4.39 Å². The van der Waals surface area contributed by atoms with E-state index >= 15 is 0 Å². The Kier molecular flexibility index (Phi) is 3.31. The smallest absolute Gasteiger partial charge is 0.222 e. The molecule has 0 radical (unpaired) electrons. The van der Waals surface area contributed by atoms with E-state index in [9.17, 15) is 4.39 Å². The van der Waals surface area contributed by atoms with Crippen molar-refractivity contribution in [3.63, 3.8) is 0 Å². The van der Waals surface area contributed by atoms with Gasteiger partial charge in [-0.2, -0.15) is 0 Å². The number of anilines is 1. The van der Waals surface area contributed by atoms with Gasteiger partial charge in [0, 0.05) is 18.7 Å². The van der Waals surface area contributed by atoms with Gasteiger partial charge in [0.05, 0.1) is 11.6 Å². The highest BCUT2D eigenvalue weighted by Crippen LogP contribution is 2.29. The van der Waals surface area contributed by atoms with Crippen molar-refractivity contribution in [1.82, 2.24) is 5.16 Å². The van der Waals surface area contributed by atoms with Crippen molar-refractivity contribution in [1.29, 1.82) is 0 Å². The van der Waals surface area contributed by atoms with E-state index in [0.29, 0.717) is 12.3 Å². The lowest BCUT2D eigenvalue weighted by Gasteiger charge is -2.05. The van der Waals surface area contributed by atoms with Crippen LogP contribution in [-0.2, 0) is 11.3 Å². The van der Waals surface area contributed by atoms with Gasteiger partial charge in [-0.05, 0) is 17.7 Å². The SMILES string of the molecule is COCc1cc(Cl)c(F)c(-c2cc(N)on2)c1. The van der Waals surface area contributed by atoms with Crippen LogP contribution in [0.15, 0.2) is 22.7 Å². The van der Waals surface area contributed by atoms with Crippen LogP contribution in [0.4, 0.5) is 10.3 Å². The largest absolute Gasteiger partial charge is 0.380 e. The Balaban J connectivity index is 2.52. The van der Waals surface area contributed by atoms with Gasteiger partial charge >= 0.3 is 0 Å². The number of nitrogens with zero attached hydrogens (tertiary/aromatic N) is 1. The van der Waals surface area contributed by atoms with Gasteiger partial charge in [0.25, 0.3) is 0 Å². The number of halogens is 2. The Morgan fingerprint density at radius 2 is 2.24 bits per heavy atom. The Morgan fingerprint density at radius 3 is 2.82 bits per heavy atom. The third-order valence-electron chi connectivity index (χ3n) is 2.20. The zero-order valence-electron chi connectivity index (χ0n) is 9.04. The summed E-state index contributed by atoms with van der Waals surface area (Å²) in [5.74, 6) is -0.438. The standard InChI is InChI=1S/C11H10ClFN2O2/c1-16-5-6-2-7(11(13)8(12)3-6)9-4-10(14)17-15-9/h2-4H,5,14H2,1H3. The number of methoxy groups -OCH3 is 1. The topological polar surface area (TPSA) is 61.3 Å². The van der Waals surface area contributed by atoms with Crippen LogP contribution in [-0.4, -0.2) is 12.3 Å². The number of nitrogens with two attached hydrogens (primary N) is 1. The van der Waals surface area contributed by atoms with E-state index in [2.05, 4.69) is 5.16 Å². The van der Waals surface area contributed by atoms with Gasteiger partial charge in [-0.1, -0.05) is 16.8 Å². The maximum atomic E-state index is 13.8.